The van der Waals surface area contributed by atoms with Crippen LogP contribution in [0.4, 0.5) is 5.69 Å². The zero-order chi connectivity index (χ0) is 20.3. The minimum atomic E-state index is 0.144. The van der Waals surface area contributed by atoms with Gasteiger partial charge in [-0.2, -0.15) is 0 Å². The summed E-state index contributed by atoms with van der Waals surface area (Å²) in [5, 5.41) is 0. The molecule has 3 aromatic carbocycles. The first kappa shape index (κ1) is 19.8. The van der Waals surface area contributed by atoms with Crippen molar-refractivity contribution in [2.45, 2.75) is 19.8 Å². The smallest absolute Gasteiger partial charge is 0.121 e. The van der Waals surface area contributed by atoms with Gasteiger partial charge in [-0.1, -0.05) is 36.4 Å². The number of aryl methyl sites for hydroxylation is 2. The highest BCUT2D eigenvalue weighted by atomic mass is 16.5. The molecular formula is C25H29NO2. The monoisotopic (exact) mass is 375 g/mol. The molecule has 3 aromatic rings. The lowest BCUT2D eigenvalue weighted by molar-refractivity contribution is 0.411. The van der Waals surface area contributed by atoms with E-state index in [1.54, 1.807) is 14.2 Å². The van der Waals surface area contributed by atoms with Crippen molar-refractivity contribution in [3.63, 3.8) is 0 Å². The van der Waals surface area contributed by atoms with E-state index in [1.165, 1.54) is 22.4 Å². The van der Waals surface area contributed by atoms with Crippen molar-refractivity contribution >= 4 is 5.69 Å². The van der Waals surface area contributed by atoms with Gasteiger partial charge >= 0.3 is 0 Å². The van der Waals surface area contributed by atoms with Gasteiger partial charge in [0, 0.05) is 25.7 Å². The molecule has 3 nitrogen and oxygen atoms in total. The lowest BCUT2D eigenvalue weighted by atomic mass is 9.84. The molecule has 0 saturated heterocycles. The second-order valence-electron chi connectivity index (χ2n) is 7.38. The molecule has 0 unspecified atom stereocenters. The van der Waals surface area contributed by atoms with Crippen LogP contribution >= 0.6 is 0 Å². The molecule has 28 heavy (non-hydrogen) atoms. The summed E-state index contributed by atoms with van der Waals surface area (Å²) in [4.78, 5) is 2.12. The zero-order valence-corrected chi connectivity index (χ0v) is 17.6. The largest absolute Gasteiger partial charge is 0.496 e. The van der Waals surface area contributed by atoms with Gasteiger partial charge in [0.2, 0.25) is 0 Å². The third-order valence-corrected chi connectivity index (χ3v) is 5.25. The summed E-state index contributed by atoms with van der Waals surface area (Å²) in [5.74, 6) is 1.97. The third-order valence-electron chi connectivity index (χ3n) is 5.25. The molecule has 0 aromatic heterocycles. The Kier molecular flexibility index (Phi) is 5.93. The summed E-state index contributed by atoms with van der Waals surface area (Å²) < 4.78 is 10.9. The van der Waals surface area contributed by atoms with Crippen LogP contribution in [0.15, 0.2) is 60.7 Å². The van der Waals surface area contributed by atoms with Crippen LogP contribution in [0.3, 0.4) is 0 Å². The summed E-state index contributed by atoms with van der Waals surface area (Å²) in [6, 6.07) is 21.7. The second-order valence-corrected chi connectivity index (χ2v) is 7.38. The Balaban J connectivity index is 2.13. The number of hydrogen-bond donors (Lipinski definition) is 0. The minimum absolute atomic E-state index is 0.144. The molecule has 0 bridgehead atoms. The van der Waals surface area contributed by atoms with Gasteiger partial charge in [0.05, 0.1) is 14.2 Å². The quantitative estimate of drug-likeness (QED) is 0.526. The van der Waals surface area contributed by atoms with Crippen LogP contribution in [0.25, 0.3) is 0 Å². The molecular weight excluding hydrogens is 346 g/mol. The lowest BCUT2D eigenvalue weighted by Crippen LogP contribution is -2.09. The number of anilines is 1. The Hall–Kier alpha value is -2.94. The maximum Gasteiger partial charge on any atom is 0.121 e. The number of nitrogens with zero attached hydrogens (tertiary/aromatic N) is 1. The number of rotatable bonds is 6. The maximum atomic E-state index is 5.46. The molecule has 0 saturated carbocycles. The minimum Gasteiger partial charge on any atom is -0.496 e. The van der Waals surface area contributed by atoms with E-state index >= 15 is 0 Å². The van der Waals surface area contributed by atoms with E-state index in [0.29, 0.717) is 0 Å². The molecule has 0 spiro atoms. The van der Waals surface area contributed by atoms with Crippen LogP contribution in [0.1, 0.15) is 33.7 Å². The Morgan fingerprint density at radius 2 is 1.07 bits per heavy atom. The van der Waals surface area contributed by atoms with E-state index in [2.05, 4.69) is 93.5 Å². The second kappa shape index (κ2) is 8.39. The van der Waals surface area contributed by atoms with Crippen molar-refractivity contribution in [1.29, 1.82) is 0 Å². The highest BCUT2D eigenvalue weighted by molar-refractivity contribution is 5.53. The zero-order valence-electron chi connectivity index (χ0n) is 17.6. The van der Waals surface area contributed by atoms with Crippen LogP contribution in [-0.4, -0.2) is 28.3 Å². The highest BCUT2D eigenvalue weighted by Crippen LogP contribution is 2.36. The topological polar surface area (TPSA) is 21.7 Å². The fourth-order valence-electron chi connectivity index (χ4n) is 3.70. The predicted octanol–water partition coefficient (Wildman–Crippen LogP) is 5.57. The van der Waals surface area contributed by atoms with Gasteiger partial charge in [-0.3, -0.25) is 0 Å². The van der Waals surface area contributed by atoms with Gasteiger partial charge in [-0.25, -0.2) is 0 Å². The Bertz CT molecular complexity index is 892. The first-order valence-corrected chi connectivity index (χ1v) is 9.51. The fraction of sp³-hybridized carbons (Fsp3) is 0.280. The van der Waals surface area contributed by atoms with E-state index in [0.717, 1.165) is 22.6 Å². The molecule has 0 aliphatic carbocycles. The molecule has 0 radical (unpaired) electrons. The SMILES string of the molecule is COc1ccc(C(c2ccc(N(C)C)cc2)c2ccc(OC)c(C)c2)cc1C. The van der Waals surface area contributed by atoms with Gasteiger partial charge in [-0.15, -0.1) is 0 Å². The predicted molar refractivity (Wildman–Crippen MR) is 117 cm³/mol. The van der Waals surface area contributed by atoms with Gasteiger partial charge in [0.25, 0.3) is 0 Å². The Labute approximate surface area is 168 Å². The standard InChI is InChI=1S/C25H29NO2/c1-17-15-20(9-13-23(17)27-5)25(19-7-11-22(12-8-19)26(3)4)21-10-14-24(28-6)18(2)16-21/h7-16,25H,1-6H3. The van der Waals surface area contributed by atoms with Crippen molar-refractivity contribution in [3.8, 4) is 11.5 Å². The molecule has 0 aliphatic rings. The molecule has 0 heterocycles. The van der Waals surface area contributed by atoms with Gasteiger partial charge < -0.3 is 14.4 Å². The van der Waals surface area contributed by atoms with Gasteiger partial charge in [0.1, 0.15) is 11.5 Å². The summed E-state index contributed by atoms with van der Waals surface area (Å²) in [6.45, 7) is 4.18. The average molecular weight is 376 g/mol. The summed E-state index contributed by atoms with van der Waals surface area (Å²) in [5.41, 5.74) is 7.24. The fourth-order valence-corrected chi connectivity index (χ4v) is 3.70. The summed E-state index contributed by atoms with van der Waals surface area (Å²) in [6.07, 6.45) is 0. The molecule has 0 aliphatic heterocycles. The number of ether oxygens (including phenoxy) is 2. The third kappa shape index (κ3) is 3.99. The molecule has 3 heteroatoms. The van der Waals surface area contributed by atoms with E-state index < -0.39 is 0 Å². The van der Waals surface area contributed by atoms with E-state index in [9.17, 15) is 0 Å². The van der Waals surface area contributed by atoms with E-state index in [-0.39, 0.29) is 5.92 Å². The number of methoxy groups -OCH3 is 2. The summed E-state index contributed by atoms with van der Waals surface area (Å²) in [7, 11) is 7.55. The van der Waals surface area contributed by atoms with E-state index in [4.69, 9.17) is 9.47 Å². The molecule has 0 atom stereocenters. The number of benzene rings is 3. The van der Waals surface area contributed by atoms with Crippen molar-refractivity contribution < 1.29 is 9.47 Å². The maximum absolute atomic E-state index is 5.46. The normalized spacial score (nSPS) is 10.8. The van der Waals surface area contributed by atoms with Crippen molar-refractivity contribution in [2.75, 3.05) is 33.2 Å². The van der Waals surface area contributed by atoms with Crippen LogP contribution < -0.4 is 14.4 Å². The lowest BCUT2D eigenvalue weighted by Gasteiger charge is -2.22. The number of hydrogen-bond acceptors (Lipinski definition) is 3. The summed E-state index contributed by atoms with van der Waals surface area (Å²) >= 11 is 0. The van der Waals surface area contributed by atoms with E-state index in [1.807, 2.05) is 0 Å². The molecule has 0 amide bonds. The van der Waals surface area contributed by atoms with Crippen LogP contribution in [0.2, 0.25) is 0 Å². The van der Waals surface area contributed by atoms with Crippen molar-refractivity contribution in [2.24, 2.45) is 0 Å². The average Bonchev–Trinajstić information content (AvgIpc) is 2.69. The van der Waals surface area contributed by atoms with Crippen molar-refractivity contribution in [3.05, 3.63) is 88.5 Å². The van der Waals surface area contributed by atoms with Gasteiger partial charge in [0.15, 0.2) is 0 Å². The highest BCUT2D eigenvalue weighted by Gasteiger charge is 2.19. The molecule has 0 fully saturated rings. The van der Waals surface area contributed by atoms with Crippen molar-refractivity contribution in [1.82, 2.24) is 0 Å². The van der Waals surface area contributed by atoms with Gasteiger partial charge in [-0.05, 0) is 65.9 Å². The van der Waals surface area contributed by atoms with Crippen LogP contribution in [0, 0.1) is 13.8 Å². The van der Waals surface area contributed by atoms with Crippen LogP contribution in [-0.2, 0) is 0 Å². The Morgan fingerprint density at radius 1 is 0.643 bits per heavy atom. The molecule has 3 rings (SSSR count). The molecule has 0 N–H and O–H groups in total. The first-order valence-electron chi connectivity index (χ1n) is 9.51. The Morgan fingerprint density at radius 3 is 1.43 bits per heavy atom. The first-order chi connectivity index (χ1) is 13.4. The van der Waals surface area contributed by atoms with Crippen LogP contribution in [0.5, 0.6) is 11.5 Å². The molecule has 146 valence electrons.